The van der Waals surface area contributed by atoms with Gasteiger partial charge in [-0.3, -0.25) is 9.10 Å². The van der Waals surface area contributed by atoms with Gasteiger partial charge >= 0.3 is 0 Å². The average Bonchev–Trinajstić information content (AvgIpc) is 2.87. The van der Waals surface area contributed by atoms with Crippen LogP contribution in [0.4, 0.5) is 11.4 Å². The van der Waals surface area contributed by atoms with E-state index in [9.17, 15) is 13.2 Å². The number of ether oxygens (including phenoxy) is 1. The van der Waals surface area contributed by atoms with Crippen LogP contribution in [0.25, 0.3) is 0 Å². The molecule has 7 nitrogen and oxygen atoms in total. The Bertz CT molecular complexity index is 1240. The third-order valence-corrected chi connectivity index (χ3v) is 7.75. The highest BCUT2D eigenvalue weighted by atomic mass is 32.2. The number of aryl methyl sites for hydroxylation is 1. The number of nitrogens with zero attached hydrogens (tertiary/aromatic N) is 3. The molecule has 0 atom stereocenters. The Hall–Kier alpha value is -3.52. The maximum absolute atomic E-state index is 13.5. The van der Waals surface area contributed by atoms with E-state index in [1.807, 2.05) is 37.3 Å². The molecule has 3 aromatic carbocycles. The van der Waals surface area contributed by atoms with Crippen molar-refractivity contribution in [2.24, 2.45) is 0 Å². The zero-order valence-electron chi connectivity index (χ0n) is 19.4. The molecule has 0 N–H and O–H groups in total. The molecule has 0 saturated carbocycles. The molecule has 178 valence electrons. The molecule has 34 heavy (non-hydrogen) atoms. The number of methoxy groups -OCH3 is 1. The van der Waals surface area contributed by atoms with Crippen LogP contribution >= 0.6 is 0 Å². The van der Waals surface area contributed by atoms with Crippen molar-refractivity contribution in [3.8, 4) is 5.75 Å². The largest absolute Gasteiger partial charge is 0.495 e. The van der Waals surface area contributed by atoms with Gasteiger partial charge in [0.1, 0.15) is 12.3 Å². The van der Waals surface area contributed by atoms with E-state index in [0.29, 0.717) is 31.9 Å². The smallest absolute Gasteiger partial charge is 0.264 e. The van der Waals surface area contributed by atoms with Crippen molar-refractivity contribution in [2.45, 2.75) is 11.8 Å². The Morgan fingerprint density at radius 2 is 1.59 bits per heavy atom. The van der Waals surface area contributed by atoms with Gasteiger partial charge in [-0.05, 0) is 48.9 Å². The fourth-order valence-electron chi connectivity index (χ4n) is 4.13. The van der Waals surface area contributed by atoms with Gasteiger partial charge in [0.15, 0.2) is 0 Å². The number of para-hydroxylation sites is 2. The SMILES string of the molecule is COc1ccccc1N1CCN(C(=O)CN(c2cccc(C)c2)S(=O)(=O)c2ccccc2)CC1. The third-order valence-electron chi connectivity index (χ3n) is 5.96. The third kappa shape index (κ3) is 5.02. The van der Waals surface area contributed by atoms with Crippen molar-refractivity contribution in [1.82, 2.24) is 4.90 Å². The molecule has 1 heterocycles. The summed E-state index contributed by atoms with van der Waals surface area (Å²) in [7, 11) is -2.26. The predicted molar refractivity (Wildman–Crippen MR) is 134 cm³/mol. The van der Waals surface area contributed by atoms with E-state index in [2.05, 4.69) is 4.90 Å². The van der Waals surface area contributed by atoms with Crippen molar-refractivity contribution in [1.29, 1.82) is 0 Å². The molecule has 0 aliphatic carbocycles. The van der Waals surface area contributed by atoms with Crippen LogP contribution in [0, 0.1) is 6.92 Å². The maximum Gasteiger partial charge on any atom is 0.264 e. The number of hydrogen-bond donors (Lipinski definition) is 0. The molecule has 1 saturated heterocycles. The molecule has 1 aliphatic rings. The number of amides is 1. The summed E-state index contributed by atoms with van der Waals surface area (Å²) in [5.74, 6) is 0.572. The summed E-state index contributed by atoms with van der Waals surface area (Å²) >= 11 is 0. The van der Waals surface area contributed by atoms with Crippen LogP contribution in [-0.2, 0) is 14.8 Å². The molecule has 0 unspecified atom stereocenters. The molecule has 1 amide bonds. The molecular formula is C26H29N3O4S. The summed E-state index contributed by atoms with van der Waals surface area (Å²) in [5, 5.41) is 0. The normalized spacial score (nSPS) is 14.1. The second-order valence-corrected chi connectivity index (χ2v) is 10.1. The van der Waals surface area contributed by atoms with Gasteiger partial charge in [0.2, 0.25) is 5.91 Å². The first-order chi connectivity index (χ1) is 16.4. The van der Waals surface area contributed by atoms with E-state index in [-0.39, 0.29) is 17.3 Å². The minimum atomic E-state index is -3.91. The highest BCUT2D eigenvalue weighted by Gasteiger charge is 2.30. The number of rotatable bonds is 7. The highest BCUT2D eigenvalue weighted by molar-refractivity contribution is 7.92. The molecule has 0 radical (unpaired) electrons. The molecule has 8 heteroatoms. The minimum Gasteiger partial charge on any atom is -0.495 e. The second-order valence-electron chi connectivity index (χ2n) is 8.20. The summed E-state index contributed by atoms with van der Waals surface area (Å²) in [5.41, 5.74) is 2.39. The zero-order valence-corrected chi connectivity index (χ0v) is 20.2. The number of hydrogen-bond acceptors (Lipinski definition) is 5. The minimum absolute atomic E-state index is 0.158. The molecule has 3 aromatic rings. The van der Waals surface area contributed by atoms with Crippen molar-refractivity contribution in [2.75, 3.05) is 49.0 Å². The van der Waals surface area contributed by atoms with E-state index in [0.717, 1.165) is 17.0 Å². The average molecular weight is 480 g/mol. The summed E-state index contributed by atoms with van der Waals surface area (Å²) in [4.78, 5) is 17.4. The van der Waals surface area contributed by atoms with Crippen molar-refractivity contribution in [3.05, 3.63) is 84.4 Å². The Morgan fingerprint density at radius 1 is 0.912 bits per heavy atom. The van der Waals surface area contributed by atoms with E-state index < -0.39 is 10.0 Å². The first-order valence-electron chi connectivity index (χ1n) is 11.2. The fourth-order valence-corrected chi connectivity index (χ4v) is 5.56. The van der Waals surface area contributed by atoms with Gasteiger partial charge in [0, 0.05) is 26.2 Å². The molecule has 0 bridgehead atoms. The lowest BCUT2D eigenvalue weighted by molar-refractivity contribution is -0.129. The van der Waals surface area contributed by atoms with Gasteiger partial charge in [-0.2, -0.15) is 0 Å². The molecule has 1 aliphatic heterocycles. The van der Waals surface area contributed by atoms with Crippen molar-refractivity contribution >= 4 is 27.3 Å². The lowest BCUT2D eigenvalue weighted by atomic mass is 10.2. The molecule has 4 rings (SSSR count). The Kier molecular flexibility index (Phi) is 7.07. The standard InChI is InChI=1S/C26H29N3O4S/c1-21-9-8-10-22(19-21)29(34(31,32)23-11-4-3-5-12-23)20-26(30)28-17-15-27(16-18-28)24-13-6-7-14-25(24)33-2/h3-14,19H,15-18,20H2,1-2H3. The lowest BCUT2D eigenvalue weighted by Gasteiger charge is -2.37. The second kappa shape index (κ2) is 10.2. The number of piperazine rings is 1. The number of carbonyl (C=O) groups excluding carboxylic acids is 1. The number of benzene rings is 3. The Balaban J connectivity index is 1.53. The summed E-state index contributed by atoms with van der Waals surface area (Å²) in [6, 6.07) is 23.2. The fraction of sp³-hybridized carbons (Fsp3) is 0.269. The highest BCUT2D eigenvalue weighted by Crippen LogP contribution is 2.29. The Morgan fingerprint density at radius 3 is 2.26 bits per heavy atom. The first-order valence-corrected chi connectivity index (χ1v) is 12.6. The summed E-state index contributed by atoms with van der Waals surface area (Å²) in [6.45, 7) is 3.93. The van der Waals surface area contributed by atoms with Crippen LogP contribution in [0.3, 0.4) is 0 Å². The lowest BCUT2D eigenvalue weighted by Crippen LogP contribution is -2.52. The van der Waals surface area contributed by atoms with E-state index in [1.54, 1.807) is 60.5 Å². The monoisotopic (exact) mass is 479 g/mol. The van der Waals surface area contributed by atoms with Crippen LogP contribution < -0.4 is 13.9 Å². The number of anilines is 2. The summed E-state index contributed by atoms with van der Waals surface area (Å²) < 4.78 is 33.7. The van der Waals surface area contributed by atoms with E-state index in [1.165, 1.54) is 4.31 Å². The number of carbonyl (C=O) groups is 1. The van der Waals surface area contributed by atoms with Crippen LogP contribution in [0.5, 0.6) is 5.75 Å². The Labute approximate surface area is 201 Å². The number of sulfonamides is 1. The summed E-state index contributed by atoms with van der Waals surface area (Å²) in [6.07, 6.45) is 0. The quantitative estimate of drug-likeness (QED) is 0.518. The van der Waals surface area contributed by atoms with Crippen molar-refractivity contribution < 1.29 is 17.9 Å². The molecule has 1 fully saturated rings. The molecular weight excluding hydrogens is 450 g/mol. The van der Waals surface area contributed by atoms with Crippen LogP contribution in [-0.4, -0.2) is 59.1 Å². The van der Waals surface area contributed by atoms with Gasteiger partial charge < -0.3 is 14.5 Å². The molecule has 0 aromatic heterocycles. The van der Waals surface area contributed by atoms with Crippen LogP contribution in [0.2, 0.25) is 0 Å². The molecule has 0 spiro atoms. The maximum atomic E-state index is 13.5. The topological polar surface area (TPSA) is 70.2 Å². The van der Waals surface area contributed by atoms with E-state index in [4.69, 9.17) is 4.74 Å². The van der Waals surface area contributed by atoms with E-state index >= 15 is 0 Å². The predicted octanol–water partition coefficient (Wildman–Crippen LogP) is 3.55. The van der Waals surface area contributed by atoms with Gasteiger partial charge in [0.25, 0.3) is 10.0 Å². The van der Waals surface area contributed by atoms with Gasteiger partial charge in [-0.15, -0.1) is 0 Å². The van der Waals surface area contributed by atoms with Crippen molar-refractivity contribution in [3.63, 3.8) is 0 Å². The van der Waals surface area contributed by atoms with Gasteiger partial charge in [-0.1, -0.05) is 42.5 Å². The van der Waals surface area contributed by atoms with Crippen LogP contribution in [0.15, 0.2) is 83.8 Å². The van der Waals surface area contributed by atoms with Crippen LogP contribution in [0.1, 0.15) is 5.56 Å². The van der Waals surface area contributed by atoms with Gasteiger partial charge in [-0.25, -0.2) is 8.42 Å². The zero-order chi connectivity index (χ0) is 24.1. The first kappa shape index (κ1) is 23.6. The van der Waals surface area contributed by atoms with Gasteiger partial charge in [0.05, 0.1) is 23.4 Å².